The quantitative estimate of drug-likeness (QED) is 0.116. The third kappa shape index (κ3) is 8.05. The van der Waals surface area contributed by atoms with E-state index in [0.717, 1.165) is 27.1 Å². The molecule has 4 amide bonds. The SMILES string of the molecule is CC(C)c1ccc(N2C(=O)CC(Sc3ccc(NC(=O)/C(=C/c4ccc(-c5ccccc5)cc4)NC(=O)c4ccccc4)cc3)C2=O)cc1. The Hall–Kier alpha value is -5.73. The van der Waals surface area contributed by atoms with E-state index in [9.17, 15) is 19.2 Å². The van der Waals surface area contributed by atoms with Crippen LogP contribution in [0.4, 0.5) is 11.4 Å². The zero-order valence-electron chi connectivity index (χ0n) is 27.1. The average molecular weight is 666 g/mol. The summed E-state index contributed by atoms with van der Waals surface area (Å²) in [7, 11) is 0. The van der Waals surface area contributed by atoms with Crippen LogP contribution < -0.4 is 15.5 Å². The molecule has 0 radical (unpaired) electrons. The van der Waals surface area contributed by atoms with Crippen LogP contribution in [0.25, 0.3) is 17.2 Å². The molecule has 1 fully saturated rings. The summed E-state index contributed by atoms with van der Waals surface area (Å²) < 4.78 is 0. The maximum Gasteiger partial charge on any atom is 0.272 e. The highest BCUT2D eigenvalue weighted by molar-refractivity contribution is 8.00. The van der Waals surface area contributed by atoms with Crippen LogP contribution in [0, 0.1) is 0 Å². The first kappa shape index (κ1) is 33.2. The Morgan fingerprint density at radius 2 is 1.37 bits per heavy atom. The molecule has 5 aromatic rings. The lowest BCUT2D eigenvalue weighted by Crippen LogP contribution is -2.31. The Bertz CT molecular complexity index is 1990. The number of anilines is 2. The number of rotatable bonds is 10. The van der Waals surface area contributed by atoms with Crippen LogP contribution in [0.15, 0.2) is 144 Å². The summed E-state index contributed by atoms with van der Waals surface area (Å²) in [6.45, 7) is 4.19. The van der Waals surface area contributed by atoms with Gasteiger partial charge in [0.05, 0.1) is 10.9 Å². The monoisotopic (exact) mass is 665 g/mol. The number of hydrogen-bond donors (Lipinski definition) is 2. The summed E-state index contributed by atoms with van der Waals surface area (Å²) in [6.07, 6.45) is 1.75. The topological polar surface area (TPSA) is 95.6 Å². The number of nitrogens with one attached hydrogen (secondary N) is 2. The first-order valence-electron chi connectivity index (χ1n) is 16.0. The van der Waals surface area contributed by atoms with Gasteiger partial charge < -0.3 is 10.6 Å². The van der Waals surface area contributed by atoms with Crippen molar-refractivity contribution >= 4 is 52.8 Å². The van der Waals surface area contributed by atoms with Crippen molar-refractivity contribution in [2.75, 3.05) is 10.2 Å². The first-order valence-corrected chi connectivity index (χ1v) is 16.9. The highest BCUT2D eigenvalue weighted by Gasteiger charge is 2.40. The van der Waals surface area contributed by atoms with Crippen LogP contribution in [-0.4, -0.2) is 28.9 Å². The van der Waals surface area contributed by atoms with E-state index in [2.05, 4.69) is 24.5 Å². The normalized spacial score (nSPS) is 14.6. The van der Waals surface area contributed by atoms with E-state index in [4.69, 9.17) is 0 Å². The minimum absolute atomic E-state index is 0.0800. The standard InChI is InChI=1S/C41H35N3O4S/c1-27(2)29-17-21-34(22-18-29)44-38(45)26-37(41(44)48)49-35-23-19-33(20-24-35)42-40(47)36(43-39(46)32-11-7-4-8-12-32)25-28-13-15-31(16-14-28)30-9-5-3-6-10-30/h3-25,27,37H,26H2,1-2H3,(H,42,47)(H,43,46)/b36-25-. The Morgan fingerprint density at radius 3 is 2.00 bits per heavy atom. The highest BCUT2D eigenvalue weighted by Crippen LogP contribution is 2.35. The molecule has 0 aromatic heterocycles. The van der Waals surface area contributed by atoms with E-state index in [-0.39, 0.29) is 23.9 Å². The van der Waals surface area contributed by atoms with Gasteiger partial charge in [-0.25, -0.2) is 4.90 Å². The van der Waals surface area contributed by atoms with Crippen molar-refractivity contribution in [2.45, 2.75) is 36.3 Å². The Balaban J connectivity index is 1.15. The molecule has 0 saturated carbocycles. The first-order chi connectivity index (χ1) is 23.7. The smallest absolute Gasteiger partial charge is 0.272 e. The summed E-state index contributed by atoms with van der Waals surface area (Å²) in [6, 6.07) is 41.0. The van der Waals surface area contributed by atoms with Crippen LogP contribution >= 0.6 is 11.8 Å². The minimum atomic E-state index is -0.547. The average Bonchev–Trinajstić information content (AvgIpc) is 3.41. The fourth-order valence-corrected chi connectivity index (χ4v) is 6.52. The Morgan fingerprint density at radius 1 is 0.755 bits per heavy atom. The number of carbonyl (C=O) groups is 4. The van der Waals surface area contributed by atoms with Crippen LogP contribution in [0.2, 0.25) is 0 Å². The van der Waals surface area contributed by atoms with Gasteiger partial charge in [0, 0.05) is 22.6 Å². The van der Waals surface area contributed by atoms with E-state index in [1.165, 1.54) is 16.7 Å². The molecule has 1 atom stereocenters. The van der Waals surface area contributed by atoms with E-state index in [1.54, 1.807) is 54.6 Å². The van der Waals surface area contributed by atoms with Gasteiger partial charge in [0.2, 0.25) is 11.8 Å². The molecule has 7 nitrogen and oxygen atoms in total. The maximum atomic E-state index is 13.6. The summed E-state index contributed by atoms with van der Waals surface area (Å²) in [5.74, 6) is -1.02. The third-order valence-electron chi connectivity index (χ3n) is 8.17. The molecule has 1 saturated heterocycles. The van der Waals surface area contributed by atoms with Gasteiger partial charge in [0.15, 0.2) is 0 Å². The van der Waals surface area contributed by atoms with Crippen molar-refractivity contribution in [3.8, 4) is 11.1 Å². The van der Waals surface area contributed by atoms with Crippen LogP contribution in [0.5, 0.6) is 0 Å². The molecule has 8 heteroatoms. The van der Waals surface area contributed by atoms with Crippen molar-refractivity contribution in [3.05, 3.63) is 156 Å². The Labute approximate surface area is 290 Å². The second kappa shape index (κ2) is 15.0. The molecule has 5 aromatic carbocycles. The summed E-state index contributed by atoms with van der Waals surface area (Å²) in [4.78, 5) is 54.8. The Kier molecular flexibility index (Phi) is 10.2. The van der Waals surface area contributed by atoms with Gasteiger partial charge in [0.25, 0.3) is 11.8 Å². The van der Waals surface area contributed by atoms with E-state index in [0.29, 0.717) is 22.9 Å². The van der Waals surface area contributed by atoms with E-state index < -0.39 is 17.1 Å². The van der Waals surface area contributed by atoms with Gasteiger partial charge in [-0.2, -0.15) is 0 Å². The van der Waals surface area contributed by atoms with Gasteiger partial charge >= 0.3 is 0 Å². The molecular weight excluding hydrogens is 631 g/mol. The number of nitrogens with zero attached hydrogens (tertiary/aromatic N) is 1. The molecule has 6 rings (SSSR count). The minimum Gasteiger partial charge on any atom is -0.321 e. The predicted octanol–water partition coefficient (Wildman–Crippen LogP) is 8.31. The molecule has 1 heterocycles. The zero-order valence-corrected chi connectivity index (χ0v) is 27.9. The summed E-state index contributed by atoms with van der Waals surface area (Å²) in [5, 5.41) is 5.10. The number of amides is 4. The molecule has 1 aliphatic rings. The highest BCUT2D eigenvalue weighted by atomic mass is 32.2. The van der Waals surface area contributed by atoms with Gasteiger partial charge in [0.1, 0.15) is 5.70 Å². The van der Waals surface area contributed by atoms with Gasteiger partial charge in [-0.15, -0.1) is 11.8 Å². The van der Waals surface area contributed by atoms with E-state index >= 15 is 0 Å². The number of hydrogen-bond acceptors (Lipinski definition) is 5. The molecular formula is C41H35N3O4S. The molecule has 1 unspecified atom stereocenters. The van der Waals surface area contributed by atoms with Crippen LogP contribution in [-0.2, 0) is 14.4 Å². The maximum absolute atomic E-state index is 13.6. The third-order valence-corrected chi connectivity index (χ3v) is 9.37. The van der Waals surface area contributed by atoms with Crippen molar-refractivity contribution in [3.63, 3.8) is 0 Å². The number of carbonyl (C=O) groups excluding carboxylic acids is 4. The zero-order chi connectivity index (χ0) is 34.3. The molecule has 2 N–H and O–H groups in total. The molecule has 0 aliphatic carbocycles. The number of imide groups is 1. The lowest BCUT2D eigenvalue weighted by atomic mass is 10.0. The molecule has 1 aliphatic heterocycles. The van der Waals surface area contributed by atoms with Crippen molar-refractivity contribution in [2.24, 2.45) is 0 Å². The lowest BCUT2D eigenvalue weighted by molar-refractivity contribution is -0.121. The van der Waals surface area contributed by atoms with Crippen molar-refractivity contribution in [1.29, 1.82) is 0 Å². The second-order valence-electron chi connectivity index (χ2n) is 12.0. The molecule has 0 bridgehead atoms. The second-order valence-corrected chi connectivity index (χ2v) is 13.2. The molecule has 49 heavy (non-hydrogen) atoms. The molecule has 244 valence electrons. The lowest BCUT2D eigenvalue weighted by Gasteiger charge is -2.16. The largest absolute Gasteiger partial charge is 0.321 e. The fourth-order valence-electron chi connectivity index (χ4n) is 5.47. The van der Waals surface area contributed by atoms with Crippen molar-refractivity contribution < 1.29 is 19.2 Å². The van der Waals surface area contributed by atoms with E-state index in [1.807, 2.05) is 84.9 Å². The van der Waals surface area contributed by atoms with Crippen LogP contribution in [0.1, 0.15) is 47.7 Å². The summed E-state index contributed by atoms with van der Waals surface area (Å²) >= 11 is 1.32. The van der Waals surface area contributed by atoms with Gasteiger partial charge in [-0.3, -0.25) is 19.2 Å². The van der Waals surface area contributed by atoms with Crippen molar-refractivity contribution in [1.82, 2.24) is 5.32 Å². The number of benzene rings is 5. The van der Waals surface area contributed by atoms with Gasteiger partial charge in [-0.05, 0) is 82.8 Å². The van der Waals surface area contributed by atoms with Gasteiger partial charge in [-0.1, -0.05) is 98.8 Å². The summed E-state index contributed by atoms with van der Waals surface area (Å²) in [5.41, 5.74) is 5.58. The van der Waals surface area contributed by atoms with Crippen LogP contribution in [0.3, 0.4) is 0 Å². The fraction of sp³-hybridized carbons (Fsp3) is 0.122. The number of thioether (sulfide) groups is 1. The predicted molar refractivity (Wildman–Crippen MR) is 196 cm³/mol. The molecule has 0 spiro atoms.